The highest BCUT2D eigenvalue weighted by molar-refractivity contribution is 5.68. The van der Waals surface area contributed by atoms with Crippen molar-refractivity contribution >= 4 is 11.9 Å². The van der Waals surface area contributed by atoms with Gasteiger partial charge in [-0.05, 0) is 20.8 Å². The summed E-state index contributed by atoms with van der Waals surface area (Å²) in [6, 6.07) is 0. The molecule has 8 heteroatoms. The summed E-state index contributed by atoms with van der Waals surface area (Å²) >= 11 is 0. The van der Waals surface area contributed by atoms with Crippen LogP contribution in [0.2, 0.25) is 0 Å². The van der Waals surface area contributed by atoms with E-state index in [4.69, 9.17) is 9.84 Å². The first kappa shape index (κ1) is 17.3. The summed E-state index contributed by atoms with van der Waals surface area (Å²) in [5.74, 6) is 0.352. The van der Waals surface area contributed by atoms with Crippen molar-refractivity contribution in [3.63, 3.8) is 0 Å². The lowest BCUT2D eigenvalue weighted by molar-refractivity contribution is 0.0240. The van der Waals surface area contributed by atoms with Gasteiger partial charge in [0.2, 0.25) is 0 Å². The van der Waals surface area contributed by atoms with Gasteiger partial charge in [0.25, 0.3) is 5.56 Å². The molecule has 1 amide bonds. The third-order valence-electron chi connectivity index (χ3n) is 3.47. The molecule has 2 rings (SSSR count). The van der Waals surface area contributed by atoms with Gasteiger partial charge >= 0.3 is 6.09 Å². The maximum absolute atomic E-state index is 12.3. The fourth-order valence-electron chi connectivity index (χ4n) is 2.36. The summed E-state index contributed by atoms with van der Waals surface area (Å²) in [6.07, 6.45) is 2.77. The van der Waals surface area contributed by atoms with E-state index in [0.29, 0.717) is 32.0 Å². The van der Waals surface area contributed by atoms with Crippen molar-refractivity contribution in [2.24, 2.45) is 0 Å². The molecule has 8 nitrogen and oxygen atoms in total. The third-order valence-corrected chi connectivity index (χ3v) is 3.47. The molecule has 1 aliphatic heterocycles. The van der Waals surface area contributed by atoms with Gasteiger partial charge in [0, 0.05) is 45.1 Å². The molecular formula is C15H24N4O4. The number of anilines is 1. The molecule has 0 spiro atoms. The number of carbonyl (C=O) groups excluding carboxylic acids is 1. The van der Waals surface area contributed by atoms with E-state index in [9.17, 15) is 9.59 Å². The van der Waals surface area contributed by atoms with Crippen molar-refractivity contribution in [2.75, 3.05) is 37.7 Å². The smallest absolute Gasteiger partial charge is 0.410 e. The molecule has 0 aromatic carbocycles. The van der Waals surface area contributed by atoms with Crippen LogP contribution in [0.4, 0.5) is 10.6 Å². The number of carbonyl (C=O) groups is 1. The number of piperazine rings is 1. The van der Waals surface area contributed by atoms with Crippen LogP contribution in [0, 0.1) is 0 Å². The minimum absolute atomic E-state index is 0.101. The summed E-state index contributed by atoms with van der Waals surface area (Å²) in [6.45, 7) is 7.63. The van der Waals surface area contributed by atoms with Gasteiger partial charge in [0.1, 0.15) is 5.60 Å². The minimum Gasteiger partial charge on any atom is -0.444 e. The first-order valence-corrected chi connectivity index (χ1v) is 7.71. The van der Waals surface area contributed by atoms with E-state index in [-0.39, 0.29) is 24.8 Å². The molecule has 1 aromatic rings. The van der Waals surface area contributed by atoms with Gasteiger partial charge in [-0.3, -0.25) is 4.79 Å². The second-order valence-corrected chi connectivity index (χ2v) is 6.43. The van der Waals surface area contributed by atoms with Crippen LogP contribution in [0.25, 0.3) is 0 Å². The zero-order valence-corrected chi connectivity index (χ0v) is 13.9. The number of hydrogen-bond acceptors (Lipinski definition) is 6. The molecule has 0 bridgehead atoms. The summed E-state index contributed by atoms with van der Waals surface area (Å²) in [7, 11) is 0. The third kappa shape index (κ3) is 4.44. The monoisotopic (exact) mass is 324 g/mol. The van der Waals surface area contributed by atoms with E-state index >= 15 is 0 Å². The highest BCUT2D eigenvalue weighted by Crippen LogP contribution is 2.13. The molecule has 23 heavy (non-hydrogen) atoms. The lowest BCUT2D eigenvalue weighted by atomic mass is 10.2. The molecular weight excluding hydrogens is 300 g/mol. The summed E-state index contributed by atoms with van der Waals surface area (Å²) in [5, 5.41) is 8.98. The Morgan fingerprint density at radius 3 is 2.52 bits per heavy atom. The van der Waals surface area contributed by atoms with Gasteiger partial charge in [-0.15, -0.1) is 0 Å². The molecule has 0 atom stereocenters. The van der Waals surface area contributed by atoms with E-state index < -0.39 is 5.60 Å². The van der Waals surface area contributed by atoms with Crippen molar-refractivity contribution in [1.29, 1.82) is 0 Å². The van der Waals surface area contributed by atoms with E-state index in [1.54, 1.807) is 17.3 Å². The summed E-state index contributed by atoms with van der Waals surface area (Å²) in [4.78, 5) is 32.0. The van der Waals surface area contributed by atoms with E-state index in [0.717, 1.165) is 0 Å². The van der Waals surface area contributed by atoms with Crippen molar-refractivity contribution in [2.45, 2.75) is 32.9 Å². The number of aliphatic hydroxyl groups excluding tert-OH is 1. The topological polar surface area (TPSA) is 87.9 Å². The first-order chi connectivity index (χ1) is 10.8. The number of aliphatic hydroxyl groups is 1. The average Bonchev–Trinajstić information content (AvgIpc) is 2.48. The van der Waals surface area contributed by atoms with Crippen molar-refractivity contribution in [3.8, 4) is 0 Å². The fourth-order valence-corrected chi connectivity index (χ4v) is 2.36. The molecule has 1 saturated heterocycles. The zero-order chi connectivity index (χ0) is 17.0. The summed E-state index contributed by atoms with van der Waals surface area (Å²) < 4.78 is 6.79. The van der Waals surface area contributed by atoms with Gasteiger partial charge < -0.3 is 24.2 Å². The molecule has 0 aliphatic carbocycles. The number of aromatic nitrogens is 2. The Hall–Kier alpha value is -2.09. The van der Waals surface area contributed by atoms with Crippen LogP contribution in [-0.4, -0.2) is 64.0 Å². The largest absolute Gasteiger partial charge is 0.444 e. The predicted octanol–water partition coefficient (Wildman–Crippen LogP) is 0.293. The van der Waals surface area contributed by atoms with Crippen molar-refractivity contribution in [1.82, 2.24) is 14.5 Å². The van der Waals surface area contributed by atoms with E-state index in [2.05, 4.69) is 4.98 Å². The lowest BCUT2D eigenvalue weighted by Gasteiger charge is -2.35. The molecule has 1 aromatic heterocycles. The Bertz CT molecular complexity index is 600. The second-order valence-electron chi connectivity index (χ2n) is 6.43. The van der Waals surface area contributed by atoms with Crippen LogP contribution in [0.5, 0.6) is 0 Å². The highest BCUT2D eigenvalue weighted by Gasteiger charge is 2.27. The van der Waals surface area contributed by atoms with Gasteiger partial charge in [-0.1, -0.05) is 0 Å². The number of amides is 1. The number of rotatable bonds is 3. The number of nitrogens with zero attached hydrogens (tertiary/aromatic N) is 4. The average molecular weight is 324 g/mol. The number of hydrogen-bond donors (Lipinski definition) is 1. The van der Waals surface area contributed by atoms with Crippen LogP contribution < -0.4 is 10.5 Å². The molecule has 128 valence electrons. The Morgan fingerprint density at radius 2 is 1.96 bits per heavy atom. The fraction of sp³-hybridized carbons (Fsp3) is 0.667. The molecule has 1 fully saturated rings. The molecule has 1 aliphatic rings. The second kappa shape index (κ2) is 6.99. The standard InChI is InChI=1S/C15H24N4O4/c1-15(2,3)23-14(22)19-8-6-17(7-9-19)12-13(21)18(10-11-20)5-4-16-12/h4-5,20H,6-11H2,1-3H3. The molecule has 0 saturated carbocycles. The van der Waals surface area contributed by atoms with Gasteiger partial charge in [-0.2, -0.15) is 0 Å². The lowest BCUT2D eigenvalue weighted by Crippen LogP contribution is -2.51. The van der Waals surface area contributed by atoms with Gasteiger partial charge in [0.15, 0.2) is 5.82 Å². The van der Waals surface area contributed by atoms with Crippen LogP contribution in [0.15, 0.2) is 17.2 Å². The van der Waals surface area contributed by atoms with Gasteiger partial charge in [-0.25, -0.2) is 9.78 Å². The van der Waals surface area contributed by atoms with Crippen molar-refractivity contribution in [3.05, 3.63) is 22.7 Å². The van der Waals surface area contributed by atoms with E-state index in [1.807, 2.05) is 25.7 Å². The molecule has 2 heterocycles. The number of ether oxygens (including phenoxy) is 1. The van der Waals surface area contributed by atoms with Crippen LogP contribution >= 0.6 is 0 Å². The molecule has 1 N–H and O–H groups in total. The zero-order valence-electron chi connectivity index (χ0n) is 13.9. The van der Waals surface area contributed by atoms with Crippen LogP contribution in [0.1, 0.15) is 20.8 Å². The van der Waals surface area contributed by atoms with Crippen molar-refractivity contribution < 1.29 is 14.6 Å². The SMILES string of the molecule is CC(C)(C)OC(=O)N1CCN(c2nccn(CCO)c2=O)CC1. The maximum atomic E-state index is 12.3. The first-order valence-electron chi connectivity index (χ1n) is 7.71. The van der Waals surface area contributed by atoms with Crippen LogP contribution in [0.3, 0.4) is 0 Å². The highest BCUT2D eigenvalue weighted by atomic mass is 16.6. The minimum atomic E-state index is -0.521. The predicted molar refractivity (Wildman–Crippen MR) is 85.6 cm³/mol. The molecule has 0 radical (unpaired) electrons. The quantitative estimate of drug-likeness (QED) is 0.860. The van der Waals surface area contributed by atoms with E-state index in [1.165, 1.54) is 4.57 Å². The summed E-state index contributed by atoms with van der Waals surface area (Å²) in [5.41, 5.74) is -0.750. The Balaban J connectivity index is 2.01. The maximum Gasteiger partial charge on any atom is 0.410 e. The van der Waals surface area contributed by atoms with Crippen LogP contribution in [-0.2, 0) is 11.3 Å². The Morgan fingerprint density at radius 1 is 1.30 bits per heavy atom. The normalized spacial score (nSPS) is 15.7. The Kier molecular flexibility index (Phi) is 5.25. The van der Waals surface area contributed by atoms with Gasteiger partial charge in [0.05, 0.1) is 6.61 Å². The Labute approximate surface area is 135 Å². The molecule has 0 unspecified atom stereocenters.